The van der Waals surface area contributed by atoms with Gasteiger partial charge in [0.25, 0.3) is 0 Å². The van der Waals surface area contributed by atoms with Crippen LogP contribution in [0, 0.1) is 0 Å². The fraction of sp³-hybridized carbons (Fsp3) is 0.561. The van der Waals surface area contributed by atoms with E-state index in [1.165, 1.54) is 6.92 Å². The molecule has 2 aromatic heterocycles. The van der Waals surface area contributed by atoms with Crippen LogP contribution in [0.1, 0.15) is 60.5 Å². The van der Waals surface area contributed by atoms with Gasteiger partial charge in [-0.15, -0.1) is 0 Å². The molecule has 3 heterocycles. The predicted molar refractivity (Wildman–Crippen MR) is 222 cm³/mol. The highest BCUT2D eigenvalue weighted by molar-refractivity contribution is 6.74. The molecule has 1 fully saturated rings. The molecule has 1 N–H and O–H groups in total. The molecule has 0 aliphatic carbocycles. The van der Waals surface area contributed by atoms with Crippen LogP contribution >= 0.6 is 0 Å². The molecule has 1 unspecified atom stereocenters. The fourth-order valence-corrected chi connectivity index (χ4v) is 6.70. The number of aromatic nitrogens is 3. The lowest BCUT2D eigenvalue weighted by atomic mass is 10.1. The highest BCUT2D eigenvalue weighted by Crippen LogP contribution is 2.37. The number of nitrogens with zero attached hydrogens (tertiary/aromatic N) is 7. The molecule has 1 atom stereocenters. The number of benzene rings is 1. The first kappa shape index (κ1) is 44.1. The Morgan fingerprint density at radius 2 is 1.73 bits per heavy atom. The third kappa shape index (κ3) is 13.3. The predicted octanol–water partition coefficient (Wildman–Crippen LogP) is 6.57. The third-order valence-corrected chi connectivity index (χ3v) is 14.6. The zero-order valence-corrected chi connectivity index (χ0v) is 36.2. The van der Waals surface area contributed by atoms with Gasteiger partial charge < -0.3 is 33.9 Å². The molecule has 2 amide bonds. The van der Waals surface area contributed by atoms with E-state index in [1.54, 1.807) is 29.2 Å². The summed E-state index contributed by atoms with van der Waals surface area (Å²) >= 11 is 0. The van der Waals surface area contributed by atoms with Crippen molar-refractivity contribution in [3.63, 3.8) is 0 Å². The van der Waals surface area contributed by atoms with Gasteiger partial charge in [-0.25, -0.2) is 19.7 Å². The van der Waals surface area contributed by atoms with Gasteiger partial charge in [-0.05, 0) is 81.2 Å². The Kier molecular flexibility index (Phi) is 15.0. The van der Waals surface area contributed by atoms with E-state index in [0.717, 1.165) is 34.7 Å². The normalized spacial score (nSPS) is 15.3. The van der Waals surface area contributed by atoms with Gasteiger partial charge in [-0.3, -0.25) is 14.5 Å². The largest absolute Gasteiger partial charge is 0.464 e. The molecule has 0 bridgehead atoms. The number of carbonyl (C=O) groups excluding carboxylic acids is 3. The highest BCUT2D eigenvalue weighted by Gasteiger charge is 2.37. The number of hydrogen-bond acceptors (Lipinski definition) is 12. The maximum absolute atomic E-state index is 13.3. The molecule has 0 spiro atoms. The maximum Gasteiger partial charge on any atom is 0.410 e. The summed E-state index contributed by atoms with van der Waals surface area (Å²) in [5.74, 6) is 0.847. The average molecular weight is 791 g/mol. The van der Waals surface area contributed by atoms with Gasteiger partial charge in [-0.1, -0.05) is 32.9 Å². The lowest BCUT2D eigenvalue weighted by Crippen LogP contribution is -2.58. The number of ether oxygens (including phenoxy) is 2. The van der Waals surface area contributed by atoms with Gasteiger partial charge in [-0.2, -0.15) is 0 Å². The van der Waals surface area contributed by atoms with Crippen molar-refractivity contribution in [3.8, 4) is 11.3 Å². The molecule has 56 heavy (non-hydrogen) atoms. The smallest absolute Gasteiger partial charge is 0.410 e. The van der Waals surface area contributed by atoms with Crippen LogP contribution in [0.15, 0.2) is 54.9 Å². The quantitative estimate of drug-likeness (QED) is 0.131. The molecule has 15 heteroatoms. The standard InChI is InChI=1S/C41H62N8O6Si/c1-30(50)53-29-34-26-49(39(52)55-40(2,3)4)23-22-48(34)27-37(51)47(9)21-13-20-46(8)36-17-16-32(25-43-36)35-18-19-42-38(45-35)44-33-15-12-14-31(24-33)28-54-56(10,11)41(5,6)7/h12,14-19,24-25,34H,13,20-23,26-29H2,1-11H3,(H,42,44,45). The molecule has 3 aromatic rings. The second kappa shape index (κ2) is 19.0. The van der Waals surface area contributed by atoms with Gasteiger partial charge in [0.15, 0.2) is 8.32 Å². The molecule has 14 nitrogen and oxygen atoms in total. The first-order valence-electron chi connectivity index (χ1n) is 19.3. The summed E-state index contributed by atoms with van der Waals surface area (Å²) in [5.41, 5.74) is 2.98. The summed E-state index contributed by atoms with van der Waals surface area (Å²) < 4.78 is 17.3. The molecule has 1 aliphatic heterocycles. The van der Waals surface area contributed by atoms with E-state index in [4.69, 9.17) is 23.9 Å². The number of piperazine rings is 1. The van der Waals surface area contributed by atoms with Crippen LogP contribution in [-0.2, 0) is 30.1 Å². The minimum Gasteiger partial charge on any atom is -0.464 e. The molecule has 1 aromatic carbocycles. The van der Waals surface area contributed by atoms with Crippen LogP contribution in [-0.4, -0.2) is 128 Å². The SMILES string of the molecule is CC(=O)OCC1CN(C(=O)OC(C)(C)C)CCN1CC(=O)N(C)CCCN(C)c1ccc(-c2ccnc(Nc3cccc(CO[Si](C)(C)C(C)(C)C)c3)n2)cn1. The van der Waals surface area contributed by atoms with Crippen molar-refractivity contribution >= 4 is 43.7 Å². The second-order valence-electron chi connectivity index (χ2n) is 17.0. The highest BCUT2D eigenvalue weighted by atomic mass is 28.4. The molecule has 1 saturated heterocycles. The van der Waals surface area contributed by atoms with Gasteiger partial charge >= 0.3 is 12.1 Å². The molecular weight excluding hydrogens is 729 g/mol. The number of anilines is 3. The minimum absolute atomic E-state index is 0.0456. The van der Waals surface area contributed by atoms with E-state index in [9.17, 15) is 14.4 Å². The monoisotopic (exact) mass is 790 g/mol. The Morgan fingerprint density at radius 3 is 2.39 bits per heavy atom. The lowest BCUT2D eigenvalue weighted by Gasteiger charge is -2.41. The average Bonchev–Trinajstić information content (AvgIpc) is 3.12. The van der Waals surface area contributed by atoms with E-state index in [0.29, 0.717) is 45.3 Å². The summed E-state index contributed by atoms with van der Waals surface area (Å²) in [5, 5.41) is 3.48. The summed E-state index contributed by atoms with van der Waals surface area (Å²) in [6.07, 6.45) is 3.85. The van der Waals surface area contributed by atoms with Gasteiger partial charge in [0.2, 0.25) is 11.9 Å². The van der Waals surface area contributed by atoms with Gasteiger partial charge in [0.1, 0.15) is 18.0 Å². The number of nitrogens with one attached hydrogen (secondary N) is 1. The van der Waals surface area contributed by atoms with Crippen molar-refractivity contribution in [2.75, 3.05) is 70.2 Å². The van der Waals surface area contributed by atoms with E-state index < -0.39 is 26.0 Å². The van der Waals surface area contributed by atoms with E-state index in [-0.39, 0.29) is 30.1 Å². The van der Waals surface area contributed by atoms with Gasteiger partial charge in [0, 0.05) is 77.4 Å². The van der Waals surface area contributed by atoms with Crippen LogP contribution < -0.4 is 10.2 Å². The Labute approximate surface area is 334 Å². The number of rotatable bonds is 15. The first-order valence-corrected chi connectivity index (χ1v) is 22.2. The minimum atomic E-state index is -1.87. The van der Waals surface area contributed by atoms with Crippen molar-refractivity contribution < 1.29 is 28.3 Å². The van der Waals surface area contributed by atoms with E-state index in [2.05, 4.69) is 61.2 Å². The molecular formula is C41H62N8O6Si. The summed E-state index contributed by atoms with van der Waals surface area (Å²) in [6, 6.07) is 13.6. The Morgan fingerprint density at radius 1 is 0.982 bits per heavy atom. The van der Waals surface area contributed by atoms with Crippen LogP contribution in [0.2, 0.25) is 18.1 Å². The summed E-state index contributed by atoms with van der Waals surface area (Å²) in [7, 11) is 1.90. The van der Waals surface area contributed by atoms with E-state index in [1.807, 2.05) is 63.1 Å². The molecule has 1 aliphatic rings. The van der Waals surface area contributed by atoms with Gasteiger partial charge in [0.05, 0.1) is 24.9 Å². The first-order chi connectivity index (χ1) is 26.2. The maximum atomic E-state index is 13.3. The summed E-state index contributed by atoms with van der Waals surface area (Å²) in [6.45, 7) is 21.3. The fourth-order valence-electron chi connectivity index (χ4n) is 5.74. The molecule has 306 valence electrons. The van der Waals surface area contributed by atoms with Crippen LogP contribution in [0.3, 0.4) is 0 Å². The zero-order chi connectivity index (χ0) is 41.3. The van der Waals surface area contributed by atoms with Crippen molar-refractivity contribution in [1.29, 1.82) is 0 Å². The van der Waals surface area contributed by atoms with Crippen molar-refractivity contribution in [3.05, 3.63) is 60.4 Å². The van der Waals surface area contributed by atoms with Crippen LogP contribution in [0.4, 0.5) is 22.2 Å². The summed E-state index contributed by atoms with van der Waals surface area (Å²) in [4.78, 5) is 58.8. The van der Waals surface area contributed by atoms with Crippen molar-refractivity contribution in [2.45, 2.75) is 91.3 Å². The number of amides is 2. The third-order valence-electron chi connectivity index (χ3n) is 10.2. The molecule has 0 radical (unpaired) electrons. The number of likely N-dealkylation sites (N-methyl/N-ethyl adjacent to an activating group) is 1. The number of pyridine rings is 1. The second-order valence-corrected chi connectivity index (χ2v) is 21.8. The Bertz CT molecular complexity index is 1780. The molecule has 0 saturated carbocycles. The van der Waals surface area contributed by atoms with E-state index >= 15 is 0 Å². The lowest BCUT2D eigenvalue weighted by molar-refractivity contribution is -0.144. The Hall–Kier alpha value is -4.60. The van der Waals surface area contributed by atoms with Crippen LogP contribution in [0.5, 0.6) is 0 Å². The Balaban J connectivity index is 1.26. The van der Waals surface area contributed by atoms with Crippen molar-refractivity contribution in [1.82, 2.24) is 29.7 Å². The topological polar surface area (TPSA) is 143 Å². The zero-order valence-electron chi connectivity index (χ0n) is 35.2. The van der Waals surface area contributed by atoms with Crippen molar-refractivity contribution in [2.24, 2.45) is 0 Å². The van der Waals surface area contributed by atoms with Crippen LogP contribution in [0.25, 0.3) is 11.3 Å². The number of esters is 1. The number of carbonyl (C=O) groups is 3. The number of hydrogen-bond donors (Lipinski definition) is 1. The molecule has 4 rings (SSSR count).